The molecule has 0 amide bonds. The van der Waals surface area contributed by atoms with Crippen LogP contribution in [-0.4, -0.2) is 50.6 Å². The summed E-state index contributed by atoms with van der Waals surface area (Å²) in [6.45, 7) is 11.8. The number of hydrogen-bond acceptors (Lipinski definition) is 5. The highest BCUT2D eigenvalue weighted by molar-refractivity contribution is 5.80. The van der Waals surface area contributed by atoms with Crippen LogP contribution in [0, 0.1) is 0 Å². The van der Waals surface area contributed by atoms with E-state index in [1.807, 2.05) is 20.8 Å². The van der Waals surface area contributed by atoms with Crippen molar-refractivity contribution in [1.82, 2.24) is 5.32 Å². The quantitative estimate of drug-likeness (QED) is 0.475. The van der Waals surface area contributed by atoms with Crippen LogP contribution in [0.5, 0.6) is 0 Å². The molecule has 0 spiro atoms. The summed E-state index contributed by atoms with van der Waals surface area (Å²) in [6, 6.07) is 0.176. The average Bonchev–Trinajstić information content (AvgIpc) is 2.28. The first-order valence-corrected chi connectivity index (χ1v) is 6.56. The number of esters is 1. The fourth-order valence-electron chi connectivity index (χ4n) is 1.63. The largest absolute Gasteiger partial charge is 0.465 e. The third-order valence-electron chi connectivity index (χ3n) is 2.30. The van der Waals surface area contributed by atoms with E-state index < -0.39 is 5.54 Å². The van der Waals surface area contributed by atoms with Gasteiger partial charge in [-0.1, -0.05) is 0 Å². The first kappa shape index (κ1) is 17.4. The van der Waals surface area contributed by atoms with Crippen molar-refractivity contribution in [3.8, 4) is 0 Å². The SMILES string of the molecule is CCOCCOCC(C)(NC(C)C)C(=O)OCC. The zero-order chi connectivity index (χ0) is 14.0. The van der Waals surface area contributed by atoms with E-state index in [4.69, 9.17) is 14.2 Å². The van der Waals surface area contributed by atoms with Crippen LogP contribution in [0.1, 0.15) is 34.6 Å². The van der Waals surface area contributed by atoms with Gasteiger partial charge in [-0.3, -0.25) is 5.32 Å². The minimum absolute atomic E-state index is 0.176. The Balaban J connectivity index is 4.25. The normalized spacial score (nSPS) is 14.6. The molecule has 0 saturated carbocycles. The van der Waals surface area contributed by atoms with E-state index in [0.29, 0.717) is 26.4 Å². The molecule has 0 aromatic heterocycles. The van der Waals surface area contributed by atoms with Crippen LogP contribution < -0.4 is 5.32 Å². The fraction of sp³-hybridized carbons (Fsp3) is 0.923. The molecular formula is C13H27NO4. The molecule has 1 unspecified atom stereocenters. The van der Waals surface area contributed by atoms with Crippen LogP contribution in [0.3, 0.4) is 0 Å². The summed E-state index contributed by atoms with van der Waals surface area (Å²) in [5.41, 5.74) is -0.809. The molecule has 5 heteroatoms. The van der Waals surface area contributed by atoms with Crippen LogP contribution >= 0.6 is 0 Å². The molecule has 18 heavy (non-hydrogen) atoms. The summed E-state index contributed by atoms with van der Waals surface area (Å²) in [4.78, 5) is 11.9. The summed E-state index contributed by atoms with van der Waals surface area (Å²) >= 11 is 0. The maximum Gasteiger partial charge on any atom is 0.328 e. The number of hydrogen-bond donors (Lipinski definition) is 1. The van der Waals surface area contributed by atoms with Crippen LogP contribution in [0.4, 0.5) is 0 Å². The van der Waals surface area contributed by atoms with Gasteiger partial charge < -0.3 is 14.2 Å². The minimum Gasteiger partial charge on any atom is -0.465 e. The Kier molecular flexibility index (Phi) is 8.97. The van der Waals surface area contributed by atoms with E-state index in [-0.39, 0.29) is 18.6 Å². The second kappa shape index (κ2) is 9.30. The van der Waals surface area contributed by atoms with Crippen molar-refractivity contribution >= 4 is 5.97 Å². The summed E-state index contributed by atoms with van der Waals surface area (Å²) in [5.74, 6) is -0.282. The van der Waals surface area contributed by atoms with Gasteiger partial charge in [-0.15, -0.1) is 0 Å². The molecular weight excluding hydrogens is 234 g/mol. The number of carbonyl (C=O) groups is 1. The molecule has 1 atom stereocenters. The molecule has 0 aliphatic heterocycles. The van der Waals surface area contributed by atoms with E-state index in [2.05, 4.69) is 5.32 Å². The Morgan fingerprint density at radius 1 is 1.17 bits per heavy atom. The van der Waals surface area contributed by atoms with Crippen molar-refractivity contribution in [2.45, 2.75) is 46.2 Å². The first-order chi connectivity index (χ1) is 8.46. The Bertz CT molecular complexity index is 233. The van der Waals surface area contributed by atoms with Crippen molar-refractivity contribution in [3.63, 3.8) is 0 Å². The lowest BCUT2D eigenvalue weighted by molar-refractivity contribution is -0.154. The first-order valence-electron chi connectivity index (χ1n) is 6.56. The average molecular weight is 261 g/mol. The number of ether oxygens (including phenoxy) is 3. The fourth-order valence-corrected chi connectivity index (χ4v) is 1.63. The lowest BCUT2D eigenvalue weighted by Gasteiger charge is -2.30. The molecule has 0 rings (SSSR count). The third kappa shape index (κ3) is 6.93. The molecule has 108 valence electrons. The molecule has 0 aromatic rings. The highest BCUT2D eigenvalue weighted by Gasteiger charge is 2.35. The Morgan fingerprint density at radius 3 is 2.28 bits per heavy atom. The van der Waals surface area contributed by atoms with Crippen LogP contribution in [0.15, 0.2) is 0 Å². The van der Waals surface area contributed by atoms with Gasteiger partial charge in [0.25, 0.3) is 0 Å². The zero-order valence-corrected chi connectivity index (χ0v) is 12.2. The van der Waals surface area contributed by atoms with Gasteiger partial charge in [0, 0.05) is 12.6 Å². The molecule has 0 aliphatic carbocycles. The van der Waals surface area contributed by atoms with Gasteiger partial charge in [0.1, 0.15) is 5.54 Å². The molecule has 0 bridgehead atoms. The van der Waals surface area contributed by atoms with Gasteiger partial charge >= 0.3 is 5.97 Å². The van der Waals surface area contributed by atoms with Crippen molar-refractivity contribution in [2.75, 3.05) is 33.0 Å². The molecule has 1 N–H and O–H groups in total. The van der Waals surface area contributed by atoms with Crippen LogP contribution in [-0.2, 0) is 19.0 Å². The maximum absolute atomic E-state index is 11.9. The minimum atomic E-state index is -0.809. The number of rotatable bonds is 10. The van der Waals surface area contributed by atoms with E-state index in [9.17, 15) is 4.79 Å². The highest BCUT2D eigenvalue weighted by Crippen LogP contribution is 2.09. The smallest absolute Gasteiger partial charge is 0.328 e. The Hall–Kier alpha value is -0.650. The Morgan fingerprint density at radius 2 is 1.78 bits per heavy atom. The van der Waals surface area contributed by atoms with E-state index in [1.165, 1.54) is 0 Å². The summed E-state index contributed by atoms with van der Waals surface area (Å²) in [6.07, 6.45) is 0. The standard InChI is InChI=1S/C13H27NO4/c1-6-16-8-9-17-10-13(5,14-11(3)4)12(15)18-7-2/h11,14H,6-10H2,1-5H3. The van der Waals surface area contributed by atoms with Gasteiger partial charge in [-0.05, 0) is 34.6 Å². The molecule has 0 saturated heterocycles. The molecule has 5 nitrogen and oxygen atoms in total. The zero-order valence-electron chi connectivity index (χ0n) is 12.2. The topological polar surface area (TPSA) is 56.8 Å². The second-order valence-corrected chi connectivity index (χ2v) is 4.60. The molecule has 0 radical (unpaired) electrons. The Labute approximate surface area is 110 Å². The molecule has 0 aromatic carbocycles. The lowest BCUT2D eigenvalue weighted by atomic mass is 10.0. The van der Waals surface area contributed by atoms with Gasteiger partial charge in [0.2, 0.25) is 0 Å². The maximum atomic E-state index is 11.9. The van der Waals surface area contributed by atoms with Crippen molar-refractivity contribution in [2.24, 2.45) is 0 Å². The van der Waals surface area contributed by atoms with Gasteiger partial charge in [0.15, 0.2) is 0 Å². The van der Waals surface area contributed by atoms with E-state index >= 15 is 0 Å². The van der Waals surface area contributed by atoms with E-state index in [1.54, 1.807) is 13.8 Å². The molecule has 0 fully saturated rings. The third-order valence-corrected chi connectivity index (χ3v) is 2.30. The lowest BCUT2D eigenvalue weighted by Crippen LogP contribution is -2.56. The van der Waals surface area contributed by atoms with Crippen LogP contribution in [0.25, 0.3) is 0 Å². The summed E-state index contributed by atoms with van der Waals surface area (Å²) < 4.78 is 15.7. The number of nitrogens with one attached hydrogen (secondary N) is 1. The highest BCUT2D eigenvalue weighted by atomic mass is 16.5. The van der Waals surface area contributed by atoms with Gasteiger partial charge in [-0.25, -0.2) is 4.79 Å². The monoisotopic (exact) mass is 261 g/mol. The second-order valence-electron chi connectivity index (χ2n) is 4.60. The van der Waals surface area contributed by atoms with Gasteiger partial charge in [0.05, 0.1) is 26.4 Å². The molecule has 0 aliphatic rings. The van der Waals surface area contributed by atoms with Crippen LogP contribution in [0.2, 0.25) is 0 Å². The summed E-state index contributed by atoms with van der Waals surface area (Å²) in [7, 11) is 0. The predicted molar refractivity (Wildman–Crippen MR) is 70.6 cm³/mol. The predicted octanol–water partition coefficient (Wildman–Crippen LogP) is 1.36. The number of carbonyl (C=O) groups excluding carboxylic acids is 1. The summed E-state index contributed by atoms with van der Waals surface area (Å²) in [5, 5.41) is 3.19. The van der Waals surface area contributed by atoms with Crippen molar-refractivity contribution < 1.29 is 19.0 Å². The molecule has 0 heterocycles. The van der Waals surface area contributed by atoms with Gasteiger partial charge in [-0.2, -0.15) is 0 Å². The van der Waals surface area contributed by atoms with E-state index in [0.717, 1.165) is 0 Å². The van der Waals surface area contributed by atoms with Crippen molar-refractivity contribution in [1.29, 1.82) is 0 Å². The van der Waals surface area contributed by atoms with Crippen molar-refractivity contribution in [3.05, 3.63) is 0 Å².